The first-order valence-electron chi connectivity index (χ1n) is 5.92. The highest BCUT2D eigenvalue weighted by Gasteiger charge is 2.11. The van der Waals surface area contributed by atoms with Gasteiger partial charge in [-0.25, -0.2) is 4.79 Å². The van der Waals surface area contributed by atoms with E-state index < -0.39 is 5.97 Å². The first kappa shape index (κ1) is 13.0. The van der Waals surface area contributed by atoms with Crippen LogP contribution >= 0.6 is 0 Å². The third kappa shape index (κ3) is 3.28. The molecule has 0 spiro atoms. The molecular formula is C14H14N2O3. The molecule has 0 saturated heterocycles. The number of hydrogen-bond acceptors (Lipinski definition) is 5. The van der Waals surface area contributed by atoms with Gasteiger partial charge in [0, 0.05) is 12.4 Å². The van der Waals surface area contributed by atoms with Gasteiger partial charge in [0.25, 0.3) is 0 Å². The number of esters is 1. The predicted molar refractivity (Wildman–Crippen MR) is 70.2 cm³/mol. The Kier molecular flexibility index (Phi) is 4.07. The molecule has 0 fully saturated rings. The Labute approximate surface area is 110 Å². The Hall–Kier alpha value is -2.43. The summed E-state index contributed by atoms with van der Waals surface area (Å²) in [6.45, 7) is 3.97. The van der Waals surface area contributed by atoms with Gasteiger partial charge in [0.1, 0.15) is 5.76 Å². The van der Waals surface area contributed by atoms with Crippen LogP contribution in [0.25, 0.3) is 11.6 Å². The van der Waals surface area contributed by atoms with Crippen molar-refractivity contribution in [1.29, 1.82) is 0 Å². The van der Waals surface area contributed by atoms with Crippen LogP contribution in [0.3, 0.4) is 0 Å². The maximum Gasteiger partial charge on any atom is 0.374 e. The second-order valence-corrected chi connectivity index (χ2v) is 3.84. The average molecular weight is 258 g/mol. The molecule has 0 aliphatic rings. The number of ether oxygens (including phenoxy) is 1. The van der Waals surface area contributed by atoms with Crippen molar-refractivity contribution in [2.45, 2.75) is 13.8 Å². The minimum absolute atomic E-state index is 0.194. The first-order chi connectivity index (χ1) is 9.20. The van der Waals surface area contributed by atoms with Crippen molar-refractivity contribution < 1.29 is 13.9 Å². The molecule has 0 saturated carbocycles. The Bertz CT molecular complexity index is 588. The van der Waals surface area contributed by atoms with Gasteiger partial charge in [0.2, 0.25) is 5.76 Å². The van der Waals surface area contributed by atoms with Gasteiger partial charge >= 0.3 is 5.97 Å². The molecule has 0 aromatic carbocycles. The lowest BCUT2D eigenvalue weighted by Gasteiger charge is -1.98. The van der Waals surface area contributed by atoms with E-state index in [2.05, 4.69) is 9.97 Å². The van der Waals surface area contributed by atoms with Crippen molar-refractivity contribution in [2.24, 2.45) is 0 Å². The van der Waals surface area contributed by atoms with Crippen LogP contribution in [0.15, 0.2) is 35.1 Å². The van der Waals surface area contributed by atoms with Crippen molar-refractivity contribution in [2.75, 3.05) is 6.61 Å². The summed E-state index contributed by atoms with van der Waals surface area (Å²) in [6.07, 6.45) is 6.70. The lowest BCUT2D eigenvalue weighted by atomic mass is 10.2. The summed E-state index contributed by atoms with van der Waals surface area (Å²) in [5.74, 6) is 0.311. The molecule has 5 nitrogen and oxygen atoms in total. The highest BCUT2D eigenvalue weighted by atomic mass is 16.5. The van der Waals surface area contributed by atoms with E-state index in [1.807, 2.05) is 6.92 Å². The van der Waals surface area contributed by atoms with Crippen LogP contribution in [0.1, 0.15) is 35.9 Å². The minimum Gasteiger partial charge on any atom is -0.460 e. The maximum atomic E-state index is 11.5. The molecule has 0 atom stereocenters. The topological polar surface area (TPSA) is 65.2 Å². The van der Waals surface area contributed by atoms with Crippen LogP contribution in [0.5, 0.6) is 0 Å². The van der Waals surface area contributed by atoms with Crippen LogP contribution in [0.4, 0.5) is 0 Å². The summed E-state index contributed by atoms with van der Waals surface area (Å²) in [6, 6.07) is 3.31. The normalized spacial score (nSPS) is 11.4. The SMILES string of the molecule is CCOC(=O)c1ccc(/C=C(\C)c2cnccn2)o1. The van der Waals surface area contributed by atoms with Crippen molar-refractivity contribution in [1.82, 2.24) is 9.97 Å². The van der Waals surface area contributed by atoms with E-state index in [0.717, 1.165) is 11.3 Å². The second-order valence-electron chi connectivity index (χ2n) is 3.84. The number of rotatable bonds is 4. The lowest BCUT2D eigenvalue weighted by Crippen LogP contribution is -2.02. The van der Waals surface area contributed by atoms with E-state index in [4.69, 9.17) is 9.15 Å². The van der Waals surface area contributed by atoms with Gasteiger partial charge in [-0.05, 0) is 37.6 Å². The molecule has 0 aliphatic heterocycles. The molecule has 0 N–H and O–H groups in total. The minimum atomic E-state index is -0.459. The van der Waals surface area contributed by atoms with Gasteiger partial charge in [-0.2, -0.15) is 0 Å². The third-order valence-corrected chi connectivity index (χ3v) is 2.43. The Morgan fingerprint density at radius 3 is 2.95 bits per heavy atom. The van der Waals surface area contributed by atoms with Gasteiger partial charge in [0.05, 0.1) is 18.5 Å². The van der Waals surface area contributed by atoms with Crippen molar-refractivity contribution in [3.63, 3.8) is 0 Å². The monoisotopic (exact) mass is 258 g/mol. The molecule has 98 valence electrons. The zero-order valence-electron chi connectivity index (χ0n) is 10.8. The first-order valence-corrected chi connectivity index (χ1v) is 5.92. The Balaban J connectivity index is 2.18. The summed E-state index contributed by atoms with van der Waals surface area (Å²) in [4.78, 5) is 19.6. The molecular weight excluding hydrogens is 244 g/mol. The molecule has 0 radical (unpaired) electrons. The van der Waals surface area contributed by atoms with Gasteiger partial charge in [-0.1, -0.05) is 0 Å². The van der Waals surface area contributed by atoms with Crippen molar-refractivity contribution >= 4 is 17.6 Å². The average Bonchev–Trinajstić information content (AvgIpc) is 2.88. The Morgan fingerprint density at radius 2 is 2.26 bits per heavy atom. The number of aromatic nitrogens is 2. The largest absolute Gasteiger partial charge is 0.460 e. The smallest absolute Gasteiger partial charge is 0.374 e. The highest BCUT2D eigenvalue weighted by Crippen LogP contribution is 2.17. The van der Waals surface area contributed by atoms with Crippen LogP contribution < -0.4 is 0 Å². The molecule has 0 amide bonds. The third-order valence-electron chi connectivity index (χ3n) is 2.43. The number of carbonyl (C=O) groups is 1. The number of allylic oxidation sites excluding steroid dienone is 1. The van der Waals surface area contributed by atoms with Gasteiger partial charge in [-0.3, -0.25) is 9.97 Å². The molecule has 2 rings (SSSR count). The fraction of sp³-hybridized carbons (Fsp3) is 0.214. The van der Waals surface area contributed by atoms with Crippen LogP contribution in [-0.2, 0) is 4.74 Å². The summed E-state index contributed by atoms with van der Waals surface area (Å²) >= 11 is 0. The van der Waals surface area contributed by atoms with Crippen LogP contribution in [0, 0.1) is 0 Å². The fourth-order valence-electron chi connectivity index (χ4n) is 1.53. The number of nitrogens with zero attached hydrogens (tertiary/aromatic N) is 2. The van der Waals surface area contributed by atoms with Crippen molar-refractivity contribution in [3.05, 3.63) is 47.9 Å². The molecule has 2 aromatic heterocycles. The fourth-order valence-corrected chi connectivity index (χ4v) is 1.53. The van der Waals surface area contributed by atoms with E-state index in [1.54, 1.807) is 43.7 Å². The van der Waals surface area contributed by atoms with E-state index in [-0.39, 0.29) is 5.76 Å². The number of furan rings is 1. The molecule has 19 heavy (non-hydrogen) atoms. The zero-order chi connectivity index (χ0) is 13.7. The quantitative estimate of drug-likeness (QED) is 0.789. The van der Waals surface area contributed by atoms with Crippen LogP contribution in [-0.4, -0.2) is 22.5 Å². The van der Waals surface area contributed by atoms with E-state index in [1.165, 1.54) is 0 Å². The molecule has 2 heterocycles. The molecule has 2 aromatic rings. The summed E-state index contributed by atoms with van der Waals surface area (Å²) in [5.41, 5.74) is 1.66. The number of carbonyl (C=O) groups excluding carboxylic acids is 1. The predicted octanol–water partition coefficient (Wildman–Crippen LogP) is 2.81. The van der Waals surface area contributed by atoms with Gasteiger partial charge in [-0.15, -0.1) is 0 Å². The standard InChI is InChI=1S/C14H14N2O3/c1-3-18-14(17)13-5-4-11(19-13)8-10(2)12-9-15-6-7-16-12/h4-9H,3H2,1-2H3/b10-8+. The Morgan fingerprint density at radius 1 is 1.42 bits per heavy atom. The highest BCUT2D eigenvalue weighted by molar-refractivity contribution is 5.87. The summed E-state index contributed by atoms with van der Waals surface area (Å²) in [5, 5.41) is 0. The van der Waals surface area contributed by atoms with Gasteiger partial charge in [0.15, 0.2) is 0 Å². The molecule has 0 unspecified atom stereocenters. The second kappa shape index (κ2) is 5.95. The lowest BCUT2D eigenvalue weighted by molar-refractivity contribution is 0.0489. The van der Waals surface area contributed by atoms with Crippen molar-refractivity contribution in [3.8, 4) is 0 Å². The van der Waals surface area contributed by atoms with Crippen LogP contribution in [0.2, 0.25) is 0 Å². The maximum absolute atomic E-state index is 11.5. The van der Waals surface area contributed by atoms with Gasteiger partial charge < -0.3 is 9.15 Å². The zero-order valence-corrected chi connectivity index (χ0v) is 10.8. The van der Waals surface area contributed by atoms with E-state index in [0.29, 0.717) is 12.4 Å². The summed E-state index contributed by atoms with van der Waals surface area (Å²) < 4.78 is 10.2. The molecule has 5 heteroatoms. The van der Waals surface area contributed by atoms with E-state index >= 15 is 0 Å². The molecule has 0 bridgehead atoms. The number of hydrogen-bond donors (Lipinski definition) is 0. The summed E-state index contributed by atoms with van der Waals surface area (Å²) in [7, 11) is 0. The van der Waals surface area contributed by atoms with E-state index in [9.17, 15) is 4.79 Å². The molecule has 0 aliphatic carbocycles.